The lowest BCUT2D eigenvalue weighted by atomic mass is 10.1. The number of esters is 1. The maximum absolute atomic E-state index is 12.0. The molecule has 6 heteroatoms. The van der Waals surface area contributed by atoms with Crippen LogP contribution in [0.1, 0.15) is 27.0 Å². The molecule has 2 N–H and O–H groups in total. The molecule has 0 radical (unpaired) electrons. The summed E-state index contributed by atoms with van der Waals surface area (Å²) in [6.07, 6.45) is 0. The number of aryl methyl sites for hydroxylation is 3. The average Bonchev–Trinajstić information content (AvgIpc) is 2.61. The van der Waals surface area contributed by atoms with E-state index in [1.54, 1.807) is 30.3 Å². The summed E-state index contributed by atoms with van der Waals surface area (Å²) < 4.78 is 4.91. The molecular weight excluding hydrogens is 332 g/mol. The highest BCUT2D eigenvalue weighted by molar-refractivity contribution is 5.96. The van der Waals surface area contributed by atoms with Crippen LogP contribution in [0.25, 0.3) is 0 Å². The van der Waals surface area contributed by atoms with Gasteiger partial charge in [0, 0.05) is 5.69 Å². The van der Waals surface area contributed by atoms with Crippen molar-refractivity contribution < 1.29 is 19.1 Å². The van der Waals surface area contributed by atoms with Crippen molar-refractivity contribution >= 4 is 23.5 Å². The molecule has 0 saturated carbocycles. The minimum Gasteiger partial charge on any atom is -0.452 e. The second-order valence-corrected chi connectivity index (χ2v) is 6.04. The zero-order chi connectivity index (χ0) is 19.1. The van der Waals surface area contributed by atoms with Gasteiger partial charge in [0.1, 0.15) is 0 Å². The van der Waals surface area contributed by atoms with Gasteiger partial charge in [0.2, 0.25) is 5.91 Å². The van der Waals surface area contributed by atoms with Crippen LogP contribution < -0.4 is 10.6 Å². The Kier molecular flexibility index (Phi) is 6.49. The van der Waals surface area contributed by atoms with Gasteiger partial charge < -0.3 is 15.4 Å². The van der Waals surface area contributed by atoms with Crippen LogP contribution >= 0.6 is 0 Å². The Hall–Kier alpha value is -3.15. The molecule has 0 aliphatic carbocycles. The van der Waals surface area contributed by atoms with Crippen LogP contribution in [0, 0.1) is 20.8 Å². The molecule has 0 spiro atoms. The number of rotatable bonds is 6. The molecule has 0 aliphatic rings. The molecule has 2 aromatic carbocycles. The molecule has 0 fully saturated rings. The van der Waals surface area contributed by atoms with Crippen LogP contribution in [0.5, 0.6) is 0 Å². The highest BCUT2D eigenvalue weighted by Gasteiger charge is 2.12. The number of hydrogen-bond donors (Lipinski definition) is 2. The fourth-order valence-electron chi connectivity index (χ4n) is 2.58. The lowest BCUT2D eigenvalue weighted by molar-refractivity contribution is -0.126. The predicted octanol–water partition coefficient (Wildman–Crippen LogP) is 2.52. The number of carbonyl (C=O) groups excluding carboxylic acids is 3. The summed E-state index contributed by atoms with van der Waals surface area (Å²) in [5, 5.41) is 5.22. The molecule has 26 heavy (non-hydrogen) atoms. The van der Waals surface area contributed by atoms with Crippen LogP contribution in [0.15, 0.2) is 42.5 Å². The normalized spacial score (nSPS) is 10.1. The first kappa shape index (κ1) is 19.2. The van der Waals surface area contributed by atoms with Crippen LogP contribution in [-0.4, -0.2) is 30.9 Å². The highest BCUT2D eigenvalue weighted by Crippen LogP contribution is 2.21. The van der Waals surface area contributed by atoms with Gasteiger partial charge in [-0.1, -0.05) is 35.9 Å². The molecule has 0 saturated heterocycles. The van der Waals surface area contributed by atoms with Crippen LogP contribution in [0.4, 0.5) is 5.69 Å². The standard InChI is InChI=1S/C20H22N2O4/c1-13-9-14(2)19(15(3)10-13)22-17(23)11-21-18(24)12-26-20(25)16-7-5-4-6-8-16/h4-10H,11-12H2,1-3H3,(H,21,24)(H,22,23). The largest absolute Gasteiger partial charge is 0.452 e. The summed E-state index contributed by atoms with van der Waals surface area (Å²) in [6, 6.07) is 12.3. The molecule has 0 unspecified atom stereocenters. The molecule has 136 valence electrons. The number of anilines is 1. The molecule has 2 rings (SSSR count). The van der Waals surface area contributed by atoms with Gasteiger partial charge in [-0.3, -0.25) is 9.59 Å². The Bertz CT molecular complexity index is 793. The van der Waals surface area contributed by atoms with E-state index in [9.17, 15) is 14.4 Å². The number of amides is 2. The van der Waals surface area contributed by atoms with Crippen molar-refractivity contribution in [3.8, 4) is 0 Å². The average molecular weight is 354 g/mol. The van der Waals surface area contributed by atoms with E-state index in [2.05, 4.69) is 10.6 Å². The fraction of sp³-hybridized carbons (Fsp3) is 0.250. The summed E-state index contributed by atoms with van der Waals surface area (Å²) in [5.74, 6) is -1.47. The van der Waals surface area contributed by atoms with E-state index in [-0.39, 0.29) is 12.5 Å². The van der Waals surface area contributed by atoms with E-state index in [4.69, 9.17) is 4.74 Å². The molecule has 2 amide bonds. The number of ether oxygens (including phenoxy) is 1. The van der Waals surface area contributed by atoms with Gasteiger partial charge in [-0.2, -0.15) is 0 Å². The summed E-state index contributed by atoms with van der Waals surface area (Å²) in [6.45, 7) is 5.18. The first-order chi connectivity index (χ1) is 12.4. The van der Waals surface area contributed by atoms with E-state index < -0.39 is 18.5 Å². The van der Waals surface area contributed by atoms with E-state index in [0.29, 0.717) is 5.56 Å². The minimum absolute atomic E-state index is 0.200. The van der Waals surface area contributed by atoms with Crippen LogP contribution in [0.3, 0.4) is 0 Å². The van der Waals surface area contributed by atoms with Gasteiger partial charge in [-0.05, 0) is 44.0 Å². The van der Waals surface area contributed by atoms with Crippen molar-refractivity contribution in [1.82, 2.24) is 5.32 Å². The minimum atomic E-state index is -0.587. The third-order valence-electron chi connectivity index (χ3n) is 3.73. The smallest absolute Gasteiger partial charge is 0.338 e. The van der Waals surface area contributed by atoms with Gasteiger partial charge in [0.15, 0.2) is 6.61 Å². The Morgan fingerprint density at radius 1 is 0.923 bits per heavy atom. The topological polar surface area (TPSA) is 84.5 Å². The van der Waals surface area contributed by atoms with Gasteiger partial charge in [-0.25, -0.2) is 4.79 Å². The van der Waals surface area contributed by atoms with E-state index in [0.717, 1.165) is 22.4 Å². The van der Waals surface area contributed by atoms with Gasteiger partial charge in [0.05, 0.1) is 12.1 Å². The Balaban J connectivity index is 1.79. The quantitative estimate of drug-likeness (QED) is 0.781. The molecule has 6 nitrogen and oxygen atoms in total. The zero-order valence-electron chi connectivity index (χ0n) is 15.1. The lowest BCUT2D eigenvalue weighted by Gasteiger charge is -2.13. The van der Waals surface area contributed by atoms with Crippen molar-refractivity contribution in [2.75, 3.05) is 18.5 Å². The number of carbonyl (C=O) groups is 3. The number of nitrogens with one attached hydrogen (secondary N) is 2. The van der Waals surface area contributed by atoms with Crippen molar-refractivity contribution in [2.45, 2.75) is 20.8 Å². The van der Waals surface area contributed by atoms with Crippen LogP contribution in [-0.2, 0) is 14.3 Å². The summed E-state index contributed by atoms with van der Waals surface area (Å²) in [5.41, 5.74) is 4.14. The van der Waals surface area contributed by atoms with E-state index in [1.165, 1.54) is 0 Å². The van der Waals surface area contributed by atoms with Crippen molar-refractivity contribution in [2.24, 2.45) is 0 Å². The van der Waals surface area contributed by atoms with Gasteiger partial charge in [-0.15, -0.1) is 0 Å². The zero-order valence-corrected chi connectivity index (χ0v) is 15.1. The maximum Gasteiger partial charge on any atom is 0.338 e. The Morgan fingerprint density at radius 3 is 2.15 bits per heavy atom. The highest BCUT2D eigenvalue weighted by atomic mass is 16.5. The second kappa shape index (κ2) is 8.80. The third-order valence-corrected chi connectivity index (χ3v) is 3.73. The lowest BCUT2D eigenvalue weighted by Crippen LogP contribution is -2.35. The fourth-order valence-corrected chi connectivity index (χ4v) is 2.58. The molecule has 0 aromatic heterocycles. The van der Waals surface area contributed by atoms with E-state index >= 15 is 0 Å². The van der Waals surface area contributed by atoms with Crippen molar-refractivity contribution in [3.63, 3.8) is 0 Å². The first-order valence-electron chi connectivity index (χ1n) is 8.23. The SMILES string of the molecule is Cc1cc(C)c(NC(=O)CNC(=O)COC(=O)c2ccccc2)c(C)c1. The first-order valence-corrected chi connectivity index (χ1v) is 8.23. The monoisotopic (exact) mass is 354 g/mol. The van der Waals surface area contributed by atoms with Crippen LogP contribution in [0.2, 0.25) is 0 Å². The molecule has 2 aromatic rings. The van der Waals surface area contributed by atoms with Gasteiger partial charge in [0.25, 0.3) is 5.91 Å². The molecule has 0 atom stereocenters. The molecule has 0 heterocycles. The van der Waals surface area contributed by atoms with Crippen molar-refractivity contribution in [3.05, 3.63) is 64.7 Å². The number of benzene rings is 2. The Labute approximate surface area is 152 Å². The second-order valence-electron chi connectivity index (χ2n) is 6.04. The molecular formula is C20H22N2O4. The Morgan fingerprint density at radius 2 is 1.54 bits per heavy atom. The summed E-state index contributed by atoms with van der Waals surface area (Å²) in [7, 11) is 0. The number of hydrogen-bond acceptors (Lipinski definition) is 4. The predicted molar refractivity (Wildman–Crippen MR) is 99.0 cm³/mol. The molecule has 0 bridgehead atoms. The maximum atomic E-state index is 12.0. The van der Waals surface area contributed by atoms with Gasteiger partial charge >= 0.3 is 5.97 Å². The van der Waals surface area contributed by atoms with Crippen molar-refractivity contribution in [1.29, 1.82) is 0 Å². The summed E-state index contributed by atoms with van der Waals surface area (Å²) in [4.78, 5) is 35.5. The van der Waals surface area contributed by atoms with E-state index in [1.807, 2.05) is 32.9 Å². The third kappa shape index (κ3) is 5.44. The summed E-state index contributed by atoms with van der Waals surface area (Å²) >= 11 is 0. The molecule has 0 aliphatic heterocycles.